The molecule has 5 amide bonds. The second-order valence-electron chi connectivity index (χ2n) is 13.3. The Bertz CT molecular complexity index is 1250. The van der Waals surface area contributed by atoms with Gasteiger partial charge in [-0.2, -0.15) is 0 Å². The monoisotopic (exact) mass is 655 g/mol. The summed E-state index contributed by atoms with van der Waals surface area (Å²) in [4.78, 5) is 80.1. The van der Waals surface area contributed by atoms with Crippen LogP contribution in [0.15, 0.2) is 42.5 Å². The Hall–Kier alpha value is -4.22. The number of amides is 5. The van der Waals surface area contributed by atoms with E-state index in [9.17, 15) is 28.8 Å². The summed E-state index contributed by atoms with van der Waals surface area (Å²) in [5.41, 5.74) is 0.784. The van der Waals surface area contributed by atoms with E-state index in [1.807, 2.05) is 71.9 Å². The molecule has 1 aliphatic heterocycles. The maximum Gasteiger partial charge on any atom is 0.330 e. The van der Waals surface area contributed by atoms with Gasteiger partial charge in [0.25, 0.3) is 0 Å². The molecule has 1 saturated heterocycles. The third-order valence-corrected chi connectivity index (χ3v) is 7.44. The number of ether oxygens (including phenoxy) is 1. The zero-order valence-electron chi connectivity index (χ0n) is 28.8. The normalized spacial score (nSPS) is 22.0. The van der Waals surface area contributed by atoms with Gasteiger partial charge in [-0.1, -0.05) is 78.0 Å². The predicted molar refractivity (Wildman–Crippen MR) is 179 cm³/mol. The van der Waals surface area contributed by atoms with Gasteiger partial charge in [0.15, 0.2) is 0 Å². The van der Waals surface area contributed by atoms with Crippen LogP contribution in [0.1, 0.15) is 79.7 Å². The number of rotatable bonds is 13. The molecule has 260 valence electrons. The van der Waals surface area contributed by atoms with Crippen LogP contribution < -0.4 is 26.6 Å². The van der Waals surface area contributed by atoms with Gasteiger partial charge < -0.3 is 31.3 Å². The molecule has 0 aromatic heterocycles. The summed E-state index contributed by atoms with van der Waals surface area (Å²) in [6.45, 7) is 13.4. The largest absolute Gasteiger partial charge is 0.463 e. The number of carbonyl (C=O) groups excluding carboxylic acids is 6. The molecule has 2 rings (SSSR count). The molecule has 0 aliphatic carbocycles. The van der Waals surface area contributed by atoms with E-state index in [4.69, 9.17) is 4.74 Å². The van der Waals surface area contributed by atoms with Gasteiger partial charge >= 0.3 is 5.97 Å². The van der Waals surface area contributed by atoms with Crippen LogP contribution in [0.5, 0.6) is 0 Å². The Morgan fingerprint density at radius 2 is 1.36 bits per heavy atom. The van der Waals surface area contributed by atoms with E-state index < -0.39 is 72.1 Å². The van der Waals surface area contributed by atoms with Crippen LogP contribution in [-0.4, -0.2) is 72.3 Å². The summed E-state index contributed by atoms with van der Waals surface area (Å²) in [6, 6.07) is 4.14. The lowest BCUT2D eigenvalue weighted by atomic mass is 9.99. The van der Waals surface area contributed by atoms with Crippen LogP contribution in [0.2, 0.25) is 0 Å². The number of nitrogens with one attached hydrogen (secondary N) is 5. The molecule has 47 heavy (non-hydrogen) atoms. The molecule has 0 spiro atoms. The minimum atomic E-state index is -1.34. The number of carbonyl (C=O) groups is 6. The lowest BCUT2D eigenvalue weighted by Gasteiger charge is -2.27. The molecule has 1 aromatic rings. The Morgan fingerprint density at radius 3 is 1.89 bits per heavy atom. The summed E-state index contributed by atoms with van der Waals surface area (Å²) in [5.74, 6) is -3.40. The molecular formula is C35H53N5O7. The van der Waals surface area contributed by atoms with Gasteiger partial charge in [-0.25, -0.2) is 4.79 Å². The van der Waals surface area contributed by atoms with Gasteiger partial charge in [-0.05, 0) is 49.5 Å². The molecule has 1 aromatic carbocycles. The van der Waals surface area contributed by atoms with Crippen molar-refractivity contribution < 1.29 is 33.5 Å². The van der Waals surface area contributed by atoms with Crippen LogP contribution in [0.25, 0.3) is 0 Å². The summed E-state index contributed by atoms with van der Waals surface area (Å²) in [5, 5.41) is 13.9. The highest BCUT2D eigenvalue weighted by Gasteiger charge is 2.35. The van der Waals surface area contributed by atoms with Crippen molar-refractivity contribution in [2.45, 2.75) is 111 Å². The molecule has 12 heteroatoms. The van der Waals surface area contributed by atoms with Crippen molar-refractivity contribution in [1.82, 2.24) is 26.6 Å². The molecule has 1 heterocycles. The Balaban J connectivity index is 2.50. The van der Waals surface area contributed by atoms with Crippen molar-refractivity contribution in [3.05, 3.63) is 48.0 Å². The van der Waals surface area contributed by atoms with Crippen LogP contribution >= 0.6 is 0 Å². The van der Waals surface area contributed by atoms with Crippen LogP contribution in [0, 0.1) is 17.8 Å². The highest BCUT2D eigenvalue weighted by atomic mass is 16.5. The smallest absolute Gasteiger partial charge is 0.330 e. The number of hydrogen-bond donors (Lipinski definition) is 5. The second kappa shape index (κ2) is 19.4. The van der Waals surface area contributed by atoms with E-state index in [2.05, 4.69) is 26.6 Å². The fourth-order valence-corrected chi connectivity index (χ4v) is 5.29. The molecule has 1 aliphatic rings. The van der Waals surface area contributed by atoms with Crippen molar-refractivity contribution in [2.24, 2.45) is 17.8 Å². The van der Waals surface area contributed by atoms with E-state index in [0.29, 0.717) is 12.8 Å². The van der Waals surface area contributed by atoms with E-state index >= 15 is 0 Å². The van der Waals surface area contributed by atoms with Crippen LogP contribution in [-0.2, 0) is 39.9 Å². The summed E-state index contributed by atoms with van der Waals surface area (Å²) in [7, 11) is 0. The fourth-order valence-electron chi connectivity index (χ4n) is 5.29. The first-order valence-electron chi connectivity index (χ1n) is 16.6. The highest BCUT2D eigenvalue weighted by molar-refractivity contribution is 5.98. The van der Waals surface area contributed by atoms with Gasteiger partial charge in [0, 0.05) is 18.5 Å². The molecule has 0 unspecified atom stereocenters. The summed E-state index contributed by atoms with van der Waals surface area (Å²) < 4.78 is 4.96. The average molecular weight is 656 g/mol. The maximum atomic E-state index is 13.7. The minimum absolute atomic E-state index is 0.00543. The standard InChI is InChI=1S/C35H53N5O7/c1-8-47-31(42)15-14-25(16-21(2)3)36-32(43)29-20-30(41)37-28(19-24-12-10-9-11-13-24)35(46)39-26(17-22(4)5)33(44)38-27(18-23(6)7)34(45)40-29/h9-15,21-23,25-29H,8,16-20H2,1-7H3,(H,36,43)(H,37,41)(H,38,44)(H,39,46)(H,40,45)/b15-14+/t25-,26+,27+,28+,29+/m1/s1. The lowest BCUT2D eigenvalue weighted by Crippen LogP contribution is -2.58. The Labute approximate surface area is 278 Å². The third-order valence-electron chi connectivity index (χ3n) is 7.44. The van der Waals surface area contributed by atoms with Gasteiger partial charge in [0.1, 0.15) is 24.2 Å². The van der Waals surface area contributed by atoms with Crippen molar-refractivity contribution in [1.29, 1.82) is 0 Å². The summed E-state index contributed by atoms with van der Waals surface area (Å²) in [6.07, 6.45) is 3.47. The Morgan fingerprint density at radius 1 is 0.809 bits per heavy atom. The van der Waals surface area contributed by atoms with Gasteiger partial charge in [-0.3, -0.25) is 24.0 Å². The SMILES string of the molecule is CCOC(=O)/C=C/[C@H](CC(C)C)NC(=O)[C@@H]1CC(=O)N[C@@H](Cc2ccccc2)C(=O)N[C@@H](CC(C)C)C(=O)N[C@@H](CC(C)C)C(=O)N1. The molecule has 5 atom stereocenters. The highest BCUT2D eigenvalue weighted by Crippen LogP contribution is 2.13. The van der Waals surface area contributed by atoms with Crippen molar-refractivity contribution in [3.63, 3.8) is 0 Å². The number of benzene rings is 1. The minimum Gasteiger partial charge on any atom is -0.463 e. The number of esters is 1. The van der Waals surface area contributed by atoms with E-state index in [-0.39, 0.29) is 37.2 Å². The first kappa shape index (κ1) is 39.0. The van der Waals surface area contributed by atoms with Crippen LogP contribution in [0.4, 0.5) is 0 Å². The van der Waals surface area contributed by atoms with Gasteiger partial charge in [0.2, 0.25) is 29.5 Å². The molecule has 1 fully saturated rings. The second-order valence-corrected chi connectivity index (χ2v) is 13.3. The molecule has 12 nitrogen and oxygen atoms in total. The van der Waals surface area contributed by atoms with Crippen molar-refractivity contribution >= 4 is 35.5 Å². The molecule has 0 bridgehead atoms. The molecule has 0 radical (unpaired) electrons. The van der Waals surface area contributed by atoms with E-state index in [1.165, 1.54) is 12.2 Å². The maximum absolute atomic E-state index is 13.7. The third kappa shape index (κ3) is 14.4. The van der Waals surface area contributed by atoms with Crippen molar-refractivity contribution in [2.75, 3.05) is 6.61 Å². The zero-order chi connectivity index (χ0) is 35.1. The van der Waals surface area contributed by atoms with Crippen molar-refractivity contribution in [3.8, 4) is 0 Å². The number of hydrogen-bond acceptors (Lipinski definition) is 7. The molecule has 0 saturated carbocycles. The summed E-state index contributed by atoms with van der Waals surface area (Å²) >= 11 is 0. The Kier molecular flexibility index (Phi) is 16.1. The molecular weight excluding hydrogens is 602 g/mol. The average Bonchev–Trinajstić information content (AvgIpc) is 2.98. The van der Waals surface area contributed by atoms with E-state index in [0.717, 1.165) is 5.56 Å². The van der Waals surface area contributed by atoms with Crippen LogP contribution in [0.3, 0.4) is 0 Å². The fraction of sp³-hybridized carbons (Fsp3) is 0.600. The zero-order valence-corrected chi connectivity index (χ0v) is 28.8. The predicted octanol–water partition coefficient (Wildman–Crippen LogP) is 2.31. The van der Waals surface area contributed by atoms with Gasteiger partial charge in [0.05, 0.1) is 13.0 Å². The van der Waals surface area contributed by atoms with E-state index in [1.54, 1.807) is 6.92 Å². The lowest BCUT2D eigenvalue weighted by molar-refractivity contribution is -0.137. The topological polar surface area (TPSA) is 172 Å². The quantitative estimate of drug-likeness (QED) is 0.160. The first-order chi connectivity index (χ1) is 22.2. The van der Waals surface area contributed by atoms with Gasteiger partial charge in [-0.15, -0.1) is 0 Å². The molecule has 5 N–H and O–H groups in total. The first-order valence-corrected chi connectivity index (χ1v) is 16.6.